The molecule has 0 spiro atoms. The van der Waals surface area contributed by atoms with Crippen LogP contribution < -0.4 is 10.6 Å². The van der Waals surface area contributed by atoms with E-state index in [0.29, 0.717) is 11.4 Å². The molecule has 0 saturated heterocycles. The molecule has 0 saturated carbocycles. The number of furan rings is 1. The van der Waals surface area contributed by atoms with Crippen LogP contribution in [0.4, 0.5) is 16.5 Å². The van der Waals surface area contributed by atoms with Crippen LogP contribution in [0.2, 0.25) is 0 Å². The van der Waals surface area contributed by atoms with E-state index in [1.54, 1.807) is 18.2 Å². The van der Waals surface area contributed by atoms with Crippen molar-refractivity contribution in [2.75, 3.05) is 10.6 Å². The molecular formula is C14H12N4O3. The minimum Gasteiger partial charge on any atom is -0.459 e. The van der Waals surface area contributed by atoms with Crippen molar-refractivity contribution in [1.82, 2.24) is 10.2 Å². The van der Waals surface area contributed by atoms with Crippen LogP contribution >= 0.6 is 0 Å². The Labute approximate surface area is 120 Å². The van der Waals surface area contributed by atoms with Gasteiger partial charge in [-0.3, -0.25) is 5.32 Å². The van der Waals surface area contributed by atoms with Gasteiger partial charge in [0, 0.05) is 5.69 Å². The number of aryl methyl sites for hydroxylation is 1. The van der Waals surface area contributed by atoms with Gasteiger partial charge in [-0.1, -0.05) is 17.2 Å². The Morgan fingerprint density at radius 2 is 2.05 bits per heavy atom. The van der Waals surface area contributed by atoms with E-state index in [1.807, 2.05) is 25.1 Å². The van der Waals surface area contributed by atoms with Gasteiger partial charge < -0.3 is 14.2 Å². The predicted octanol–water partition coefficient (Wildman–Crippen LogP) is 3.28. The lowest BCUT2D eigenvalue weighted by Crippen LogP contribution is -2.19. The summed E-state index contributed by atoms with van der Waals surface area (Å²) in [6, 6.07) is 10.3. The Hall–Kier alpha value is -3.09. The van der Waals surface area contributed by atoms with Crippen LogP contribution in [-0.4, -0.2) is 16.2 Å². The average Bonchev–Trinajstić information content (AvgIpc) is 3.08. The third-order valence-electron chi connectivity index (χ3n) is 2.65. The van der Waals surface area contributed by atoms with Crippen LogP contribution in [-0.2, 0) is 0 Å². The number of nitrogens with one attached hydrogen (secondary N) is 2. The molecule has 7 nitrogen and oxygen atoms in total. The molecule has 0 unspecified atom stereocenters. The van der Waals surface area contributed by atoms with Crippen molar-refractivity contribution < 1.29 is 13.6 Å². The van der Waals surface area contributed by atoms with E-state index >= 15 is 0 Å². The largest absolute Gasteiger partial charge is 0.459 e. The Morgan fingerprint density at radius 1 is 1.14 bits per heavy atom. The lowest BCUT2D eigenvalue weighted by molar-refractivity contribution is 0.261. The van der Waals surface area contributed by atoms with Crippen LogP contribution in [0, 0.1) is 6.92 Å². The van der Waals surface area contributed by atoms with Crippen molar-refractivity contribution in [3.8, 4) is 11.7 Å². The van der Waals surface area contributed by atoms with E-state index in [2.05, 4.69) is 20.8 Å². The van der Waals surface area contributed by atoms with Crippen LogP contribution in [0.25, 0.3) is 11.7 Å². The summed E-state index contributed by atoms with van der Waals surface area (Å²) in [7, 11) is 0. The third kappa shape index (κ3) is 3.08. The molecule has 0 atom stereocenters. The van der Waals surface area contributed by atoms with E-state index in [-0.39, 0.29) is 11.9 Å². The summed E-state index contributed by atoms with van der Waals surface area (Å²) in [5.74, 6) is 0.639. The Bertz CT molecular complexity index is 749. The van der Waals surface area contributed by atoms with Crippen molar-refractivity contribution in [3.63, 3.8) is 0 Å². The molecule has 0 bridgehead atoms. The molecule has 21 heavy (non-hydrogen) atoms. The highest BCUT2D eigenvalue weighted by Crippen LogP contribution is 2.20. The second-order valence-electron chi connectivity index (χ2n) is 4.34. The number of aromatic nitrogens is 2. The fourth-order valence-corrected chi connectivity index (χ4v) is 1.76. The molecule has 7 heteroatoms. The van der Waals surface area contributed by atoms with Gasteiger partial charge in [0.25, 0.3) is 5.89 Å². The van der Waals surface area contributed by atoms with Crippen LogP contribution in [0.3, 0.4) is 0 Å². The van der Waals surface area contributed by atoms with Crippen molar-refractivity contribution in [1.29, 1.82) is 0 Å². The number of urea groups is 1. The summed E-state index contributed by atoms with van der Waals surface area (Å²) in [5, 5.41) is 12.6. The van der Waals surface area contributed by atoms with Gasteiger partial charge in [0.15, 0.2) is 5.76 Å². The van der Waals surface area contributed by atoms with Crippen molar-refractivity contribution in [3.05, 3.63) is 48.2 Å². The van der Waals surface area contributed by atoms with Crippen molar-refractivity contribution in [2.24, 2.45) is 0 Å². The minimum absolute atomic E-state index is 0.00782. The number of carbonyl (C=O) groups is 1. The van der Waals surface area contributed by atoms with E-state index in [1.165, 1.54) is 6.26 Å². The molecule has 3 aromatic rings. The molecule has 0 aliphatic heterocycles. The maximum absolute atomic E-state index is 11.8. The Morgan fingerprint density at radius 3 is 2.81 bits per heavy atom. The second kappa shape index (κ2) is 5.49. The van der Waals surface area contributed by atoms with Crippen molar-refractivity contribution in [2.45, 2.75) is 6.92 Å². The van der Waals surface area contributed by atoms with Gasteiger partial charge in [-0.2, -0.15) is 0 Å². The van der Waals surface area contributed by atoms with Gasteiger partial charge in [0.1, 0.15) is 0 Å². The molecule has 2 aromatic heterocycles. The summed E-state index contributed by atoms with van der Waals surface area (Å²) < 4.78 is 10.4. The fraction of sp³-hybridized carbons (Fsp3) is 0.0714. The molecular weight excluding hydrogens is 272 g/mol. The molecule has 2 N–H and O–H groups in total. The number of hydrogen-bond acceptors (Lipinski definition) is 5. The van der Waals surface area contributed by atoms with E-state index in [9.17, 15) is 4.79 Å². The first kappa shape index (κ1) is 12.9. The zero-order valence-corrected chi connectivity index (χ0v) is 11.2. The number of carbonyl (C=O) groups excluding carboxylic acids is 1. The van der Waals surface area contributed by atoms with E-state index in [4.69, 9.17) is 8.83 Å². The molecule has 0 aliphatic carbocycles. The molecule has 1 aromatic carbocycles. The Kier molecular flexibility index (Phi) is 3.38. The lowest BCUT2D eigenvalue weighted by atomic mass is 10.2. The number of anilines is 2. The SMILES string of the molecule is Cc1cccc(NC(=O)Nc2nnc(-c3ccco3)o2)c1. The number of nitrogens with zero attached hydrogens (tertiary/aromatic N) is 2. The van der Waals surface area contributed by atoms with Gasteiger partial charge in [0.2, 0.25) is 0 Å². The lowest BCUT2D eigenvalue weighted by Gasteiger charge is -2.04. The van der Waals surface area contributed by atoms with E-state index < -0.39 is 6.03 Å². The van der Waals surface area contributed by atoms with Crippen LogP contribution in [0.5, 0.6) is 0 Å². The first-order valence-corrected chi connectivity index (χ1v) is 6.23. The summed E-state index contributed by atoms with van der Waals surface area (Å²) >= 11 is 0. The molecule has 106 valence electrons. The minimum atomic E-state index is -0.463. The first-order chi connectivity index (χ1) is 10.2. The normalized spacial score (nSPS) is 10.3. The first-order valence-electron chi connectivity index (χ1n) is 6.23. The fourth-order valence-electron chi connectivity index (χ4n) is 1.76. The topological polar surface area (TPSA) is 93.2 Å². The molecule has 3 rings (SSSR count). The highest BCUT2D eigenvalue weighted by atomic mass is 16.4. The number of hydrogen-bond donors (Lipinski definition) is 2. The zero-order chi connectivity index (χ0) is 14.7. The smallest absolute Gasteiger partial charge is 0.327 e. The molecule has 0 aliphatic rings. The molecule has 2 amide bonds. The maximum Gasteiger partial charge on any atom is 0.327 e. The van der Waals surface area contributed by atoms with Gasteiger partial charge >= 0.3 is 12.0 Å². The second-order valence-corrected chi connectivity index (χ2v) is 4.34. The number of benzene rings is 1. The van der Waals surface area contributed by atoms with Crippen LogP contribution in [0.1, 0.15) is 5.56 Å². The van der Waals surface area contributed by atoms with Gasteiger partial charge in [-0.15, -0.1) is 5.10 Å². The molecule has 0 radical (unpaired) electrons. The maximum atomic E-state index is 11.8. The van der Waals surface area contributed by atoms with Gasteiger partial charge in [0.05, 0.1) is 6.26 Å². The molecule has 2 heterocycles. The highest BCUT2D eigenvalue weighted by Gasteiger charge is 2.12. The summed E-state index contributed by atoms with van der Waals surface area (Å²) in [4.78, 5) is 11.8. The number of rotatable bonds is 3. The summed E-state index contributed by atoms with van der Waals surface area (Å²) in [6.07, 6.45) is 1.50. The van der Waals surface area contributed by atoms with Gasteiger partial charge in [-0.05, 0) is 36.8 Å². The standard InChI is InChI=1S/C14H12N4O3/c1-9-4-2-5-10(8-9)15-13(19)16-14-18-17-12(21-14)11-6-3-7-20-11/h2-8H,1H3,(H2,15,16,18,19). The predicted molar refractivity (Wildman–Crippen MR) is 75.8 cm³/mol. The Balaban J connectivity index is 1.65. The van der Waals surface area contributed by atoms with Crippen molar-refractivity contribution >= 4 is 17.7 Å². The quantitative estimate of drug-likeness (QED) is 0.769. The highest BCUT2D eigenvalue weighted by molar-refractivity contribution is 5.98. The summed E-state index contributed by atoms with van der Waals surface area (Å²) in [5.41, 5.74) is 1.73. The summed E-state index contributed by atoms with van der Waals surface area (Å²) in [6.45, 7) is 1.94. The van der Waals surface area contributed by atoms with E-state index in [0.717, 1.165) is 5.56 Å². The number of amides is 2. The monoisotopic (exact) mass is 284 g/mol. The van der Waals surface area contributed by atoms with Crippen LogP contribution in [0.15, 0.2) is 51.5 Å². The van der Waals surface area contributed by atoms with Gasteiger partial charge in [-0.25, -0.2) is 4.79 Å². The zero-order valence-electron chi connectivity index (χ0n) is 11.2. The third-order valence-corrected chi connectivity index (χ3v) is 2.65. The molecule has 0 fully saturated rings. The average molecular weight is 284 g/mol.